The lowest BCUT2D eigenvalue weighted by Gasteiger charge is -2.15. The van der Waals surface area contributed by atoms with Crippen molar-refractivity contribution >= 4 is 28.5 Å². The Labute approximate surface area is 176 Å². The molecule has 0 saturated heterocycles. The Kier molecular flexibility index (Phi) is 5.07. The Morgan fingerprint density at radius 1 is 1.06 bits per heavy atom. The number of phenols is 1. The molecule has 10 heteroatoms. The zero-order valence-corrected chi connectivity index (χ0v) is 16.3. The van der Waals surface area contributed by atoms with Gasteiger partial charge >= 0.3 is 0 Å². The van der Waals surface area contributed by atoms with Crippen molar-refractivity contribution in [3.63, 3.8) is 0 Å². The fraction of sp³-hybridized carbons (Fsp3) is 0.0952. The van der Waals surface area contributed by atoms with Crippen LogP contribution in [0, 0.1) is 11.3 Å². The molecule has 0 spiro atoms. The van der Waals surface area contributed by atoms with Gasteiger partial charge in [-0.1, -0.05) is 24.3 Å². The minimum Gasteiger partial charge on any atom is -0.507 e. The third-order valence-electron chi connectivity index (χ3n) is 4.67. The molecule has 10 nitrogen and oxygen atoms in total. The summed E-state index contributed by atoms with van der Waals surface area (Å²) in [5.74, 6) is 0.474. The zero-order valence-electron chi connectivity index (χ0n) is 16.3. The smallest absolute Gasteiger partial charge is 0.269 e. The molecule has 2 heterocycles. The first-order chi connectivity index (χ1) is 15.0. The van der Waals surface area contributed by atoms with E-state index in [2.05, 4.69) is 20.3 Å². The quantitative estimate of drug-likeness (QED) is 0.378. The van der Waals surface area contributed by atoms with Crippen molar-refractivity contribution < 1.29 is 5.11 Å². The first kappa shape index (κ1) is 19.7. The van der Waals surface area contributed by atoms with Gasteiger partial charge in [-0.05, 0) is 24.3 Å². The predicted molar refractivity (Wildman–Crippen MR) is 117 cm³/mol. The number of hydrogen-bond donors (Lipinski definition) is 4. The summed E-state index contributed by atoms with van der Waals surface area (Å²) >= 11 is 0. The molecule has 0 aliphatic heterocycles. The Balaban J connectivity index is 1.75. The molecule has 0 aliphatic rings. The maximum Gasteiger partial charge on any atom is 0.269 e. The van der Waals surface area contributed by atoms with Crippen molar-refractivity contribution in [2.45, 2.75) is 6.42 Å². The molecular weight excluding hydrogens is 396 g/mol. The maximum atomic E-state index is 13.2. The Hall–Kier alpha value is -4.65. The molecule has 0 unspecified atom stereocenters. The summed E-state index contributed by atoms with van der Waals surface area (Å²) in [4.78, 5) is 25.6. The zero-order chi connectivity index (χ0) is 22.0. The highest BCUT2D eigenvalue weighted by Gasteiger charge is 2.16. The predicted octanol–water partition coefficient (Wildman–Crippen LogP) is 1.57. The first-order valence-electron chi connectivity index (χ1n) is 9.35. The molecule has 0 atom stereocenters. The van der Waals surface area contributed by atoms with Crippen LogP contribution < -0.4 is 22.3 Å². The second-order valence-corrected chi connectivity index (χ2v) is 6.65. The molecular formula is C21H18N8O2. The van der Waals surface area contributed by atoms with Crippen molar-refractivity contribution in [3.8, 4) is 17.5 Å². The lowest BCUT2D eigenvalue weighted by Crippen LogP contribution is -2.25. The van der Waals surface area contributed by atoms with Gasteiger partial charge in [-0.25, -0.2) is 4.98 Å². The minimum absolute atomic E-state index is 0.0157. The van der Waals surface area contributed by atoms with E-state index in [4.69, 9.17) is 11.5 Å². The standard InChI is InChI=1S/C21H18N8O2/c22-11-13-18(23)27-21(24)28-19(13)25-10-9-16-26-14-7-4-8-15(30)17(14)20(31)29(16)12-5-2-1-3-6-12/h1-8,30H,9-10H2,(H5,23,24,25,27,28). The van der Waals surface area contributed by atoms with Crippen LogP contribution in [0.3, 0.4) is 0 Å². The molecule has 0 saturated carbocycles. The highest BCUT2D eigenvalue weighted by molar-refractivity contribution is 5.84. The molecule has 2 aromatic carbocycles. The Morgan fingerprint density at radius 2 is 1.84 bits per heavy atom. The molecule has 31 heavy (non-hydrogen) atoms. The number of aromatic nitrogens is 4. The van der Waals surface area contributed by atoms with Gasteiger partial charge in [-0.3, -0.25) is 9.36 Å². The number of phenolic OH excluding ortho intramolecular Hbond substituents is 1. The largest absolute Gasteiger partial charge is 0.507 e. The van der Waals surface area contributed by atoms with Crippen LogP contribution in [0.4, 0.5) is 17.6 Å². The molecule has 0 bridgehead atoms. The fourth-order valence-electron chi connectivity index (χ4n) is 3.30. The van der Waals surface area contributed by atoms with Crippen LogP contribution in [0.25, 0.3) is 16.6 Å². The van der Waals surface area contributed by atoms with Crippen LogP contribution in [-0.2, 0) is 6.42 Å². The van der Waals surface area contributed by atoms with Gasteiger partial charge in [-0.2, -0.15) is 15.2 Å². The van der Waals surface area contributed by atoms with Crippen molar-refractivity contribution in [2.24, 2.45) is 0 Å². The monoisotopic (exact) mass is 414 g/mol. The summed E-state index contributed by atoms with van der Waals surface area (Å²) < 4.78 is 1.46. The average molecular weight is 414 g/mol. The highest BCUT2D eigenvalue weighted by Crippen LogP contribution is 2.22. The van der Waals surface area contributed by atoms with Crippen LogP contribution in [0.15, 0.2) is 53.3 Å². The molecule has 0 aliphatic carbocycles. The van der Waals surface area contributed by atoms with Crippen LogP contribution in [0.5, 0.6) is 5.75 Å². The highest BCUT2D eigenvalue weighted by atomic mass is 16.3. The van der Waals surface area contributed by atoms with E-state index in [0.717, 1.165) is 0 Å². The van der Waals surface area contributed by atoms with E-state index in [1.165, 1.54) is 10.6 Å². The number of anilines is 3. The maximum absolute atomic E-state index is 13.2. The number of hydrogen-bond acceptors (Lipinski definition) is 9. The van der Waals surface area contributed by atoms with Gasteiger partial charge in [0.25, 0.3) is 5.56 Å². The summed E-state index contributed by atoms with van der Waals surface area (Å²) in [5.41, 5.74) is 12.1. The van der Waals surface area contributed by atoms with Crippen molar-refractivity contribution in [1.29, 1.82) is 5.26 Å². The molecule has 4 rings (SSSR count). The molecule has 4 aromatic rings. The lowest BCUT2D eigenvalue weighted by molar-refractivity contribution is 0.480. The number of rotatable bonds is 5. The van der Waals surface area contributed by atoms with E-state index in [0.29, 0.717) is 23.4 Å². The third-order valence-corrected chi connectivity index (χ3v) is 4.67. The van der Waals surface area contributed by atoms with Gasteiger partial charge in [0.2, 0.25) is 5.95 Å². The van der Waals surface area contributed by atoms with E-state index in [1.54, 1.807) is 24.3 Å². The van der Waals surface area contributed by atoms with Gasteiger partial charge in [0, 0.05) is 13.0 Å². The van der Waals surface area contributed by atoms with Gasteiger partial charge in [0.05, 0.1) is 11.2 Å². The molecule has 154 valence electrons. The van der Waals surface area contributed by atoms with Crippen molar-refractivity contribution in [2.75, 3.05) is 23.3 Å². The van der Waals surface area contributed by atoms with Gasteiger partial charge in [0.1, 0.15) is 34.4 Å². The first-order valence-corrected chi connectivity index (χ1v) is 9.35. The van der Waals surface area contributed by atoms with E-state index in [-0.39, 0.29) is 46.4 Å². The number of nitrogens with zero attached hydrogens (tertiary/aromatic N) is 5. The SMILES string of the molecule is N#Cc1c(N)nc(N)nc1NCCc1nc2cccc(O)c2c(=O)n1-c1ccccc1. The second-order valence-electron chi connectivity index (χ2n) is 6.65. The second kappa shape index (κ2) is 8.00. The summed E-state index contributed by atoms with van der Waals surface area (Å²) in [7, 11) is 0. The van der Waals surface area contributed by atoms with Crippen molar-refractivity contribution in [1.82, 2.24) is 19.5 Å². The molecule has 6 N–H and O–H groups in total. The molecule has 2 aromatic heterocycles. The van der Waals surface area contributed by atoms with Crippen molar-refractivity contribution in [3.05, 3.63) is 70.3 Å². The van der Waals surface area contributed by atoms with Gasteiger partial charge in [-0.15, -0.1) is 0 Å². The minimum atomic E-state index is -0.377. The number of aromatic hydroxyl groups is 1. The number of nitrogen functional groups attached to an aromatic ring is 2. The Bertz CT molecular complexity index is 1380. The normalized spacial score (nSPS) is 10.7. The average Bonchev–Trinajstić information content (AvgIpc) is 2.74. The summed E-state index contributed by atoms with van der Waals surface area (Å²) in [6.07, 6.45) is 0.310. The van der Waals surface area contributed by atoms with E-state index >= 15 is 0 Å². The lowest BCUT2D eigenvalue weighted by atomic mass is 10.2. The van der Waals surface area contributed by atoms with Crippen LogP contribution in [0.2, 0.25) is 0 Å². The van der Waals surface area contributed by atoms with Gasteiger partial charge < -0.3 is 21.9 Å². The van der Waals surface area contributed by atoms with E-state index in [9.17, 15) is 15.2 Å². The number of para-hydroxylation sites is 1. The summed E-state index contributed by atoms with van der Waals surface area (Å²) in [6.45, 7) is 0.286. The number of nitrogens with one attached hydrogen (secondary N) is 1. The molecule has 0 fully saturated rings. The van der Waals surface area contributed by atoms with Gasteiger partial charge in [0.15, 0.2) is 5.82 Å². The molecule has 0 amide bonds. The van der Waals surface area contributed by atoms with Crippen LogP contribution >= 0.6 is 0 Å². The Morgan fingerprint density at radius 3 is 2.58 bits per heavy atom. The van der Waals surface area contributed by atoms with E-state index in [1.807, 2.05) is 24.3 Å². The topological polar surface area (TPSA) is 169 Å². The van der Waals surface area contributed by atoms with Crippen LogP contribution in [-0.4, -0.2) is 31.2 Å². The summed E-state index contributed by atoms with van der Waals surface area (Å²) in [6, 6.07) is 15.7. The summed E-state index contributed by atoms with van der Waals surface area (Å²) in [5, 5.41) is 22.7. The van der Waals surface area contributed by atoms with E-state index < -0.39 is 0 Å². The molecule has 0 radical (unpaired) electrons. The van der Waals surface area contributed by atoms with Crippen LogP contribution in [0.1, 0.15) is 11.4 Å². The number of nitrogens with two attached hydrogens (primary N) is 2. The number of benzene rings is 2. The number of fused-ring (bicyclic) bond motifs is 1. The fourth-order valence-corrected chi connectivity index (χ4v) is 3.30. The third kappa shape index (κ3) is 3.67. The number of nitriles is 1.